The van der Waals surface area contributed by atoms with Gasteiger partial charge in [-0.05, 0) is 24.1 Å². The lowest BCUT2D eigenvalue weighted by Crippen LogP contribution is -2.09. The van der Waals surface area contributed by atoms with Crippen molar-refractivity contribution in [3.63, 3.8) is 0 Å². The topological polar surface area (TPSA) is 34.5 Å². The Bertz CT molecular complexity index is 537. The standard InChI is InChI=1S/C15H14N2O/c1-2-6-12(7-3-1)10-13-11-18-15(17-13)14-8-4-5-9-16-14/h1-9,13H,10-11H2/t13-/m1/s1. The summed E-state index contributed by atoms with van der Waals surface area (Å²) in [5, 5.41) is 0. The Kier molecular flexibility index (Phi) is 3.05. The Hall–Kier alpha value is -2.16. The molecule has 3 rings (SSSR count). The molecular formula is C15H14N2O. The predicted octanol–water partition coefficient (Wildman–Crippen LogP) is 2.47. The summed E-state index contributed by atoms with van der Waals surface area (Å²) in [6, 6.07) is 16.3. The molecule has 3 nitrogen and oxygen atoms in total. The van der Waals surface area contributed by atoms with E-state index >= 15 is 0 Å². The fraction of sp³-hybridized carbons (Fsp3) is 0.200. The first-order valence-corrected chi connectivity index (χ1v) is 6.08. The van der Waals surface area contributed by atoms with Crippen LogP contribution in [-0.4, -0.2) is 23.5 Å². The molecule has 18 heavy (non-hydrogen) atoms. The van der Waals surface area contributed by atoms with Gasteiger partial charge in [-0.25, -0.2) is 4.99 Å². The van der Waals surface area contributed by atoms with E-state index in [1.807, 2.05) is 24.3 Å². The highest BCUT2D eigenvalue weighted by molar-refractivity contribution is 5.93. The molecule has 0 saturated heterocycles. The monoisotopic (exact) mass is 238 g/mol. The number of hydrogen-bond acceptors (Lipinski definition) is 3. The lowest BCUT2D eigenvalue weighted by atomic mass is 10.1. The maximum absolute atomic E-state index is 5.61. The molecule has 0 fully saturated rings. The molecule has 0 amide bonds. The molecule has 1 aliphatic rings. The molecule has 1 aliphatic heterocycles. The molecule has 1 aromatic heterocycles. The third kappa shape index (κ3) is 2.40. The highest BCUT2D eigenvalue weighted by Gasteiger charge is 2.20. The van der Waals surface area contributed by atoms with Crippen molar-refractivity contribution in [2.24, 2.45) is 4.99 Å². The number of benzene rings is 1. The summed E-state index contributed by atoms with van der Waals surface area (Å²) in [7, 11) is 0. The molecule has 0 aliphatic carbocycles. The summed E-state index contributed by atoms with van der Waals surface area (Å²) >= 11 is 0. The average molecular weight is 238 g/mol. The summed E-state index contributed by atoms with van der Waals surface area (Å²) < 4.78 is 5.61. The number of ether oxygens (including phenoxy) is 1. The van der Waals surface area contributed by atoms with Gasteiger partial charge in [0.15, 0.2) is 0 Å². The highest BCUT2D eigenvalue weighted by Crippen LogP contribution is 2.14. The molecule has 2 heterocycles. The van der Waals surface area contributed by atoms with Crippen molar-refractivity contribution in [3.8, 4) is 0 Å². The van der Waals surface area contributed by atoms with Crippen molar-refractivity contribution in [1.29, 1.82) is 0 Å². The quantitative estimate of drug-likeness (QED) is 0.823. The lowest BCUT2D eigenvalue weighted by molar-refractivity contribution is 0.316. The Balaban J connectivity index is 1.73. The second-order valence-corrected chi connectivity index (χ2v) is 4.30. The van der Waals surface area contributed by atoms with Crippen LogP contribution in [-0.2, 0) is 11.2 Å². The number of pyridine rings is 1. The molecular weight excluding hydrogens is 224 g/mol. The summed E-state index contributed by atoms with van der Waals surface area (Å²) in [4.78, 5) is 8.83. The van der Waals surface area contributed by atoms with Crippen molar-refractivity contribution in [3.05, 3.63) is 66.0 Å². The maximum atomic E-state index is 5.61. The summed E-state index contributed by atoms with van der Waals surface area (Å²) in [5.41, 5.74) is 2.10. The van der Waals surface area contributed by atoms with Crippen molar-refractivity contribution in [1.82, 2.24) is 4.98 Å². The zero-order valence-corrected chi connectivity index (χ0v) is 9.99. The zero-order valence-electron chi connectivity index (χ0n) is 9.99. The first-order valence-electron chi connectivity index (χ1n) is 6.08. The number of hydrogen-bond donors (Lipinski definition) is 0. The number of nitrogens with zero attached hydrogens (tertiary/aromatic N) is 2. The predicted molar refractivity (Wildman–Crippen MR) is 70.7 cm³/mol. The fourth-order valence-electron chi connectivity index (χ4n) is 2.04. The molecule has 0 spiro atoms. The van der Waals surface area contributed by atoms with Crippen LogP contribution in [0, 0.1) is 0 Å². The molecule has 0 N–H and O–H groups in total. The van der Waals surface area contributed by atoms with Gasteiger partial charge >= 0.3 is 0 Å². The second kappa shape index (κ2) is 5.00. The Morgan fingerprint density at radius 3 is 2.67 bits per heavy atom. The van der Waals surface area contributed by atoms with Crippen LogP contribution in [0.15, 0.2) is 59.7 Å². The van der Waals surface area contributed by atoms with Crippen LogP contribution in [0.3, 0.4) is 0 Å². The van der Waals surface area contributed by atoms with Crippen molar-refractivity contribution in [2.45, 2.75) is 12.5 Å². The van der Waals surface area contributed by atoms with Gasteiger partial charge in [-0.3, -0.25) is 4.98 Å². The molecule has 3 heteroatoms. The van der Waals surface area contributed by atoms with Crippen LogP contribution in [0.2, 0.25) is 0 Å². The van der Waals surface area contributed by atoms with Crippen molar-refractivity contribution >= 4 is 5.90 Å². The molecule has 0 radical (unpaired) electrons. The highest BCUT2D eigenvalue weighted by atomic mass is 16.5. The van der Waals surface area contributed by atoms with E-state index in [-0.39, 0.29) is 6.04 Å². The van der Waals surface area contributed by atoms with Crippen LogP contribution in [0.1, 0.15) is 11.3 Å². The normalized spacial score (nSPS) is 18.2. The van der Waals surface area contributed by atoms with Gasteiger partial charge in [-0.1, -0.05) is 36.4 Å². The van der Waals surface area contributed by atoms with Crippen molar-refractivity contribution in [2.75, 3.05) is 6.61 Å². The second-order valence-electron chi connectivity index (χ2n) is 4.30. The summed E-state index contributed by atoms with van der Waals surface area (Å²) in [6.07, 6.45) is 2.67. The minimum absolute atomic E-state index is 0.199. The first kappa shape index (κ1) is 11.0. The molecule has 0 unspecified atom stereocenters. The molecule has 90 valence electrons. The molecule has 2 aromatic rings. The van der Waals surface area contributed by atoms with Crippen molar-refractivity contribution < 1.29 is 4.74 Å². The van der Waals surface area contributed by atoms with Gasteiger partial charge in [0, 0.05) is 6.20 Å². The van der Waals surface area contributed by atoms with E-state index in [1.165, 1.54) is 5.56 Å². The van der Waals surface area contributed by atoms with E-state index in [0.29, 0.717) is 12.5 Å². The van der Waals surface area contributed by atoms with Gasteiger partial charge in [0.1, 0.15) is 12.3 Å². The molecule has 0 bridgehead atoms. The van der Waals surface area contributed by atoms with Gasteiger partial charge in [-0.15, -0.1) is 0 Å². The number of aromatic nitrogens is 1. The SMILES string of the molecule is c1ccc(C[C@@H]2COC(c3ccccn3)=N2)cc1. The average Bonchev–Trinajstić information content (AvgIpc) is 2.89. The van der Waals surface area contributed by atoms with Gasteiger partial charge in [0.25, 0.3) is 0 Å². The number of rotatable bonds is 3. The third-order valence-corrected chi connectivity index (χ3v) is 2.91. The Labute approximate surface area is 106 Å². The Morgan fingerprint density at radius 2 is 1.89 bits per heavy atom. The van der Waals surface area contributed by atoms with E-state index in [1.54, 1.807) is 6.20 Å². The number of aliphatic imine (C=N–C) groups is 1. The van der Waals surface area contributed by atoms with Gasteiger partial charge in [0.05, 0.1) is 6.04 Å². The van der Waals surface area contributed by atoms with Gasteiger partial charge in [0.2, 0.25) is 5.90 Å². The smallest absolute Gasteiger partial charge is 0.235 e. The van der Waals surface area contributed by atoms with Crippen LogP contribution in [0.25, 0.3) is 0 Å². The van der Waals surface area contributed by atoms with Crippen LogP contribution < -0.4 is 0 Å². The Morgan fingerprint density at radius 1 is 1.06 bits per heavy atom. The van der Waals surface area contributed by atoms with Gasteiger partial charge < -0.3 is 4.74 Å². The van der Waals surface area contributed by atoms with Crippen LogP contribution in [0.4, 0.5) is 0 Å². The summed E-state index contributed by atoms with van der Waals surface area (Å²) in [6.45, 7) is 0.640. The fourth-order valence-corrected chi connectivity index (χ4v) is 2.04. The molecule has 1 atom stereocenters. The van der Waals surface area contributed by atoms with E-state index < -0.39 is 0 Å². The third-order valence-electron chi connectivity index (χ3n) is 2.91. The largest absolute Gasteiger partial charge is 0.474 e. The van der Waals surface area contributed by atoms with E-state index in [0.717, 1.165) is 12.1 Å². The van der Waals surface area contributed by atoms with E-state index in [2.05, 4.69) is 34.2 Å². The van der Waals surface area contributed by atoms with Crippen LogP contribution >= 0.6 is 0 Å². The molecule has 1 aromatic carbocycles. The maximum Gasteiger partial charge on any atom is 0.235 e. The van der Waals surface area contributed by atoms with Crippen LogP contribution in [0.5, 0.6) is 0 Å². The van der Waals surface area contributed by atoms with E-state index in [9.17, 15) is 0 Å². The zero-order chi connectivity index (χ0) is 12.2. The van der Waals surface area contributed by atoms with Gasteiger partial charge in [-0.2, -0.15) is 0 Å². The first-order chi connectivity index (χ1) is 8.92. The summed E-state index contributed by atoms with van der Waals surface area (Å²) in [5.74, 6) is 0.663. The lowest BCUT2D eigenvalue weighted by Gasteiger charge is -2.03. The minimum atomic E-state index is 0.199. The minimum Gasteiger partial charge on any atom is -0.474 e. The molecule has 0 saturated carbocycles. The van der Waals surface area contributed by atoms with E-state index in [4.69, 9.17) is 4.74 Å².